The van der Waals surface area contributed by atoms with E-state index in [2.05, 4.69) is 55.1 Å². The summed E-state index contributed by atoms with van der Waals surface area (Å²) in [6.45, 7) is 10.6. The Morgan fingerprint density at radius 1 is 1.14 bits per heavy atom. The highest BCUT2D eigenvalue weighted by Crippen LogP contribution is 2.22. The SMILES string of the molecule is Cc1cccc(-c2ncc(CNCCSC(C)(C)C)cn2)c1. The molecule has 0 fully saturated rings. The number of aromatic nitrogens is 2. The van der Waals surface area contributed by atoms with Gasteiger partial charge in [-0.1, -0.05) is 44.5 Å². The molecular formula is C18H25N3S. The summed E-state index contributed by atoms with van der Waals surface area (Å²) in [6.07, 6.45) is 3.82. The maximum Gasteiger partial charge on any atom is 0.159 e. The van der Waals surface area contributed by atoms with Crippen molar-refractivity contribution >= 4 is 11.8 Å². The van der Waals surface area contributed by atoms with Crippen LogP contribution in [0.4, 0.5) is 0 Å². The van der Waals surface area contributed by atoms with Crippen molar-refractivity contribution in [1.29, 1.82) is 0 Å². The molecule has 0 saturated carbocycles. The number of nitrogens with one attached hydrogen (secondary N) is 1. The number of benzene rings is 1. The van der Waals surface area contributed by atoms with Crippen LogP contribution >= 0.6 is 11.8 Å². The topological polar surface area (TPSA) is 37.8 Å². The van der Waals surface area contributed by atoms with E-state index in [9.17, 15) is 0 Å². The summed E-state index contributed by atoms with van der Waals surface area (Å²) in [7, 11) is 0. The predicted molar refractivity (Wildman–Crippen MR) is 96.1 cm³/mol. The Hall–Kier alpha value is -1.39. The fourth-order valence-electron chi connectivity index (χ4n) is 2.04. The highest BCUT2D eigenvalue weighted by atomic mass is 32.2. The zero-order valence-electron chi connectivity index (χ0n) is 13.9. The minimum Gasteiger partial charge on any atom is -0.312 e. The van der Waals surface area contributed by atoms with E-state index in [0.29, 0.717) is 4.75 Å². The Kier molecular flexibility index (Phi) is 5.98. The Morgan fingerprint density at radius 3 is 2.50 bits per heavy atom. The van der Waals surface area contributed by atoms with Crippen molar-refractivity contribution in [2.45, 2.75) is 39.0 Å². The maximum absolute atomic E-state index is 4.47. The summed E-state index contributed by atoms with van der Waals surface area (Å²) in [5.41, 5.74) is 3.42. The molecule has 1 aromatic carbocycles. The fourth-order valence-corrected chi connectivity index (χ4v) is 2.90. The van der Waals surface area contributed by atoms with Crippen LogP contribution < -0.4 is 5.32 Å². The van der Waals surface area contributed by atoms with Crippen molar-refractivity contribution in [2.24, 2.45) is 0 Å². The minimum absolute atomic E-state index is 0.334. The summed E-state index contributed by atoms with van der Waals surface area (Å²) in [4.78, 5) is 8.94. The van der Waals surface area contributed by atoms with Gasteiger partial charge < -0.3 is 5.32 Å². The van der Waals surface area contributed by atoms with Gasteiger partial charge in [-0.15, -0.1) is 0 Å². The lowest BCUT2D eigenvalue weighted by Crippen LogP contribution is -2.19. The molecule has 0 atom stereocenters. The molecule has 0 unspecified atom stereocenters. The molecule has 1 aromatic heterocycles. The second-order valence-corrected chi connectivity index (χ2v) is 8.34. The molecule has 1 heterocycles. The molecule has 0 radical (unpaired) electrons. The molecule has 1 N–H and O–H groups in total. The molecule has 0 amide bonds. The standard InChI is InChI=1S/C18H25N3S/c1-14-6-5-7-16(10-14)17-20-12-15(13-21-17)11-19-8-9-22-18(2,3)4/h5-7,10,12-13,19H,8-9,11H2,1-4H3. The Morgan fingerprint density at radius 2 is 1.86 bits per heavy atom. The Bertz CT molecular complexity index is 588. The number of hydrogen-bond acceptors (Lipinski definition) is 4. The fraction of sp³-hybridized carbons (Fsp3) is 0.444. The minimum atomic E-state index is 0.334. The monoisotopic (exact) mass is 315 g/mol. The number of rotatable bonds is 6. The van der Waals surface area contributed by atoms with Crippen LogP contribution in [0.1, 0.15) is 31.9 Å². The first-order valence-electron chi connectivity index (χ1n) is 7.67. The van der Waals surface area contributed by atoms with Gasteiger partial charge in [-0.25, -0.2) is 9.97 Å². The highest BCUT2D eigenvalue weighted by molar-refractivity contribution is 8.00. The summed E-state index contributed by atoms with van der Waals surface area (Å²) >= 11 is 1.98. The lowest BCUT2D eigenvalue weighted by atomic mass is 10.1. The van der Waals surface area contributed by atoms with Crippen LogP contribution in [0.25, 0.3) is 11.4 Å². The first-order valence-corrected chi connectivity index (χ1v) is 8.65. The second kappa shape index (κ2) is 7.75. The van der Waals surface area contributed by atoms with Crippen LogP contribution in [0.5, 0.6) is 0 Å². The zero-order chi connectivity index (χ0) is 16.0. The lowest BCUT2D eigenvalue weighted by molar-refractivity contribution is 0.721. The van der Waals surface area contributed by atoms with Crippen LogP contribution in [0.15, 0.2) is 36.7 Å². The number of thioether (sulfide) groups is 1. The van der Waals surface area contributed by atoms with Crippen molar-refractivity contribution in [3.05, 3.63) is 47.8 Å². The van der Waals surface area contributed by atoms with Gasteiger partial charge in [-0.05, 0) is 13.0 Å². The highest BCUT2D eigenvalue weighted by Gasteiger charge is 2.09. The first-order chi connectivity index (χ1) is 10.4. The molecule has 118 valence electrons. The zero-order valence-corrected chi connectivity index (χ0v) is 14.7. The van der Waals surface area contributed by atoms with Crippen molar-refractivity contribution in [3.63, 3.8) is 0 Å². The van der Waals surface area contributed by atoms with Crippen molar-refractivity contribution in [1.82, 2.24) is 15.3 Å². The van der Waals surface area contributed by atoms with Gasteiger partial charge in [0.15, 0.2) is 5.82 Å². The van der Waals surface area contributed by atoms with Crippen molar-refractivity contribution in [2.75, 3.05) is 12.3 Å². The van der Waals surface area contributed by atoms with E-state index in [4.69, 9.17) is 0 Å². The lowest BCUT2D eigenvalue weighted by Gasteiger charge is -2.17. The molecule has 0 saturated heterocycles. The molecular weight excluding hydrogens is 290 g/mol. The maximum atomic E-state index is 4.47. The third-order valence-corrected chi connectivity index (χ3v) is 4.40. The molecule has 4 heteroatoms. The van der Waals surface area contributed by atoms with Crippen LogP contribution in [0.2, 0.25) is 0 Å². The summed E-state index contributed by atoms with van der Waals surface area (Å²) in [5, 5.41) is 3.44. The predicted octanol–water partition coefficient (Wildman–Crippen LogP) is 4.07. The van der Waals surface area contributed by atoms with Crippen LogP contribution in [-0.4, -0.2) is 27.0 Å². The van der Waals surface area contributed by atoms with Crippen molar-refractivity contribution < 1.29 is 0 Å². The van der Waals surface area contributed by atoms with E-state index in [1.54, 1.807) is 0 Å². The van der Waals surface area contributed by atoms with Gasteiger partial charge in [0.05, 0.1) is 0 Å². The third-order valence-electron chi connectivity index (χ3n) is 3.12. The molecule has 3 nitrogen and oxygen atoms in total. The smallest absolute Gasteiger partial charge is 0.159 e. The second-order valence-electron chi connectivity index (χ2n) is 6.42. The molecule has 2 aromatic rings. The van der Waals surface area contributed by atoms with E-state index >= 15 is 0 Å². The van der Waals surface area contributed by atoms with Crippen LogP contribution in [0.3, 0.4) is 0 Å². The quantitative estimate of drug-likeness (QED) is 0.815. The van der Waals surface area contributed by atoms with Gasteiger partial charge in [0.25, 0.3) is 0 Å². The van der Waals surface area contributed by atoms with Crippen molar-refractivity contribution in [3.8, 4) is 11.4 Å². The van der Waals surface area contributed by atoms with Crippen LogP contribution in [-0.2, 0) is 6.54 Å². The Balaban J connectivity index is 1.82. The van der Waals surface area contributed by atoms with Gasteiger partial charge in [0.1, 0.15) is 0 Å². The van der Waals surface area contributed by atoms with E-state index in [1.165, 1.54) is 5.56 Å². The molecule has 22 heavy (non-hydrogen) atoms. The van der Waals surface area contributed by atoms with Gasteiger partial charge >= 0.3 is 0 Å². The molecule has 0 aliphatic rings. The normalized spacial score (nSPS) is 11.6. The van der Waals surface area contributed by atoms with Gasteiger partial charge in [-0.3, -0.25) is 0 Å². The molecule has 2 rings (SSSR count). The van der Waals surface area contributed by atoms with E-state index in [1.807, 2.05) is 36.3 Å². The van der Waals surface area contributed by atoms with Gasteiger partial charge in [0, 0.05) is 47.1 Å². The average Bonchev–Trinajstić information content (AvgIpc) is 2.46. The Labute approximate surface area is 138 Å². The van der Waals surface area contributed by atoms with E-state index < -0.39 is 0 Å². The molecule has 0 spiro atoms. The average molecular weight is 315 g/mol. The molecule has 0 bridgehead atoms. The summed E-state index contributed by atoms with van der Waals surface area (Å²) in [5.74, 6) is 1.90. The van der Waals surface area contributed by atoms with E-state index in [-0.39, 0.29) is 0 Å². The largest absolute Gasteiger partial charge is 0.312 e. The van der Waals surface area contributed by atoms with Gasteiger partial charge in [-0.2, -0.15) is 11.8 Å². The molecule has 0 aliphatic heterocycles. The van der Waals surface area contributed by atoms with Gasteiger partial charge in [0.2, 0.25) is 0 Å². The summed E-state index contributed by atoms with van der Waals surface area (Å²) < 4.78 is 0.334. The number of nitrogens with zero attached hydrogens (tertiary/aromatic N) is 2. The van der Waals surface area contributed by atoms with Crippen LogP contribution in [0, 0.1) is 6.92 Å². The first kappa shape index (κ1) is 17.0. The number of hydrogen-bond donors (Lipinski definition) is 1. The number of aryl methyl sites for hydroxylation is 1. The van der Waals surface area contributed by atoms with E-state index in [0.717, 1.165) is 35.8 Å². The summed E-state index contributed by atoms with van der Waals surface area (Å²) in [6, 6.07) is 8.27. The third kappa shape index (κ3) is 5.78. The molecule has 0 aliphatic carbocycles.